The molecule has 0 atom stereocenters. The Kier molecular flexibility index (Phi) is 6.87. The monoisotopic (exact) mass is 342 g/mol. The maximum Gasteiger partial charge on any atom is 0.238 e. The van der Waals surface area contributed by atoms with Crippen LogP contribution in [0.3, 0.4) is 0 Å². The molecule has 0 saturated carbocycles. The molecular weight excluding hydrogens is 323 g/mol. The van der Waals surface area contributed by atoms with Crippen molar-refractivity contribution in [2.45, 2.75) is 25.8 Å². The Bertz CT molecular complexity index is 601. The smallest absolute Gasteiger partial charge is 0.238 e. The van der Waals surface area contributed by atoms with E-state index in [1.54, 1.807) is 0 Å². The van der Waals surface area contributed by atoms with Gasteiger partial charge < -0.3 is 15.6 Å². The van der Waals surface area contributed by atoms with E-state index in [-0.39, 0.29) is 37.3 Å². The first-order valence-corrected chi connectivity index (χ1v) is 6.92. The van der Waals surface area contributed by atoms with Crippen molar-refractivity contribution in [3.8, 4) is 11.3 Å². The number of amides is 1. The van der Waals surface area contributed by atoms with E-state index in [4.69, 9.17) is 5.73 Å². The lowest BCUT2D eigenvalue weighted by Crippen LogP contribution is -2.21. The Morgan fingerprint density at radius 3 is 2.59 bits per heavy atom. The van der Waals surface area contributed by atoms with Crippen LogP contribution < -0.4 is 11.1 Å². The van der Waals surface area contributed by atoms with Crippen LogP contribution in [-0.4, -0.2) is 22.0 Å². The van der Waals surface area contributed by atoms with Gasteiger partial charge in [0.15, 0.2) is 0 Å². The lowest BCUT2D eigenvalue weighted by Gasteiger charge is -2.11. The number of hydrogen-bond donors (Lipinski definition) is 2. The summed E-state index contributed by atoms with van der Waals surface area (Å²) in [6, 6.07) is 7.70. The summed E-state index contributed by atoms with van der Waals surface area (Å²) < 4.78 is 2.24. The molecule has 0 saturated heterocycles. The number of aromatic nitrogens is 2. The largest absolute Gasteiger partial charge is 0.334 e. The lowest BCUT2D eigenvalue weighted by atomic mass is 10.1. The highest BCUT2D eigenvalue weighted by Gasteiger charge is 2.13. The van der Waals surface area contributed by atoms with Gasteiger partial charge in [-0.05, 0) is 25.0 Å². The molecule has 5 nitrogen and oxygen atoms in total. The van der Waals surface area contributed by atoms with Crippen molar-refractivity contribution in [1.29, 1.82) is 0 Å². The molecule has 120 valence electrons. The van der Waals surface area contributed by atoms with Crippen LogP contribution in [0.15, 0.2) is 30.5 Å². The summed E-state index contributed by atoms with van der Waals surface area (Å²) in [6.07, 6.45) is 5.62. The van der Waals surface area contributed by atoms with Crippen molar-refractivity contribution < 1.29 is 4.79 Å². The fourth-order valence-electron chi connectivity index (χ4n) is 2.49. The number of benzene rings is 1. The van der Waals surface area contributed by atoms with E-state index < -0.39 is 0 Å². The molecule has 0 radical (unpaired) electrons. The van der Waals surface area contributed by atoms with Crippen LogP contribution >= 0.6 is 24.8 Å². The van der Waals surface area contributed by atoms with Crippen molar-refractivity contribution in [3.05, 3.63) is 36.3 Å². The topological polar surface area (TPSA) is 72.9 Å². The Balaban J connectivity index is 0.00000121. The quantitative estimate of drug-likeness (QED) is 0.900. The van der Waals surface area contributed by atoms with Crippen LogP contribution in [-0.2, 0) is 17.8 Å². The first-order valence-electron chi connectivity index (χ1n) is 6.92. The third kappa shape index (κ3) is 4.00. The average Bonchev–Trinajstić information content (AvgIpc) is 2.91. The number of imidazole rings is 1. The number of aryl methyl sites for hydroxylation is 2. The highest BCUT2D eigenvalue weighted by Crippen LogP contribution is 2.23. The second-order valence-corrected chi connectivity index (χ2v) is 5.02. The van der Waals surface area contributed by atoms with E-state index >= 15 is 0 Å². The minimum absolute atomic E-state index is 0. The van der Waals surface area contributed by atoms with Gasteiger partial charge in [-0.3, -0.25) is 4.79 Å². The maximum absolute atomic E-state index is 11.2. The fourth-order valence-corrected chi connectivity index (χ4v) is 2.49. The maximum atomic E-state index is 11.2. The van der Waals surface area contributed by atoms with E-state index in [9.17, 15) is 4.79 Å². The van der Waals surface area contributed by atoms with Gasteiger partial charge in [0.2, 0.25) is 5.91 Å². The molecule has 0 fully saturated rings. The molecule has 1 aromatic heterocycles. The zero-order chi connectivity index (χ0) is 13.9. The number of nitrogens with two attached hydrogens (primary N) is 1. The Morgan fingerprint density at radius 2 is 1.95 bits per heavy atom. The van der Waals surface area contributed by atoms with E-state index in [2.05, 4.69) is 21.1 Å². The molecule has 0 bridgehead atoms. The first kappa shape index (κ1) is 18.5. The van der Waals surface area contributed by atoms with Crippen molar-refractivity contribution >= 4 is 36.4 Å². The van der Waals surface area contributed by atoms with Crippen LogP contribution in [0, 0.1) is 0 Å². The molecule has 1 aliphatic rings. The lowest BCUT2D eigenvalue weighted by molar-refractivity contribution is -0.114. The molecule has 3 N–H and O–H groups in total. The zero-order valence-electron chi connectivity index (χ0n) is 12.1. The Morgan fingerprint density at radius 1 is 1.23 bits per heavy atom. The second kappa shape index (κ2) is 8.17. The standard InChI is InChI=1S/C15H18N4O.2ClH/c16-9-15(20)17-12-6-4-11(5-7-12)13-10-19-8-2-1-3-14(19)18-13;;/h4-7,10H,1-3,8-9,16H2,(H,17,20);2*1H. The molecule has 1 aliphatic heterocycles. The Labute approximate surface area is 142 Å². The molecule has 2 heterocycles. The van der Waals surface area contributed by atoms with Gasteiger partial charge in [0.1, 0.15) is 5.82 Å². The molecule has 0 aliphatic carbocycles. The van der Waals surface area contributed by atoms with Crippen LogP contribution in [0.5, 0.6) is 0 Å². The summed E-state index contributed by atoms with van der Waals surface area (Å²) in [4.78, 5) is 15.9. The number of carbonyl (C=O) groups is 1. The summed E-state index contributed by atoms with van der Waals surface area (Å²) in [5.41, 5.74) is 8.10. The van der Waals surface area contributed by atoms with Gasteiger partial charge in [0, 0.05) is 30.4 Å². The highest BCUT2D eigenvalue weighted by atomic mass is 35.5. The minimum Gasteiger partial charge on any atom is -0.334 e. The molecular formula is C15H20Cl2N4O. The van der Waals surface area contributed by atoms with Crippen LogP contribution in [0.4, 0.5) is 5.69 Å². The third-order valence-corrected chi connectivity index (χ3v) is 3.56. The second-order valence-electron chi connectivity index (χ2n) is 5.02. The number of carbonyl (C=O) groups excluding carboxylic acids is 1. The first-order chi connectivity index (χ1) is 9.76. The highest BCUT2D eigenvalue weighted by molar-refractivity contribution is 5.92. The summed E-state index contributed by atoms with van der Waals surface area (Å²) in [6.45, 7) is 1.06. The number of halogens is 2. The van der Waals surface area contributed by atoms with E-state index in [0.717, 1.165) is 29.9 Å². The van der Waals surface area contributed by atoms with E-state index in [1.165, 1.54) is 18.7 Å². The summed E-state index contributed by atoms with van der Waals surface area (Å²) in [7, 11) is 0. The van der Waals surface area contributed by atoms with E-state index in [1.807, 2.05) is 24.3 Å². The van der Waals surface area contributed by atoms with Crippen molar-refractivity contribution in [2.75, 3.05) is 11.9 Å². The van der Waals surface area contributed by atoms with Crippen LogP contribution in [0.25, 0.3) is 11.3 Å². The van der Waals surface area contributed by atoms with E-state index in [0.29, 0.717) is 0 Å². The third-order valence-electron chi connectivity index (χ3n) is 3.56. The van der Waals surface area contributed by atoms with Gasteiger partial charge >= 0.3 is 0 Å². The minimum atomic E-state index is -0.185. The summed E-state index contributed by atoms with van der Waals surface area (Å²) >= 11 is 0. The van der Waals surface area contributed by atoms with Gasteiger partial charge in [0.05, 0.1) is 12.2 Å². The van der Waals surface area contributed by atoms with Gasteiger partial charge in [-0.25, -0.2) is 4.98 Å². The number of anilines is 1. The van der Waals surface area contributed by atoms with Crippen molar-refractivity contribution in [3.63, 3.8) is 0 Å². The fraction of sp³-hybridized carbons (Fsp3) is 0.333. The van der Waals surface area contributed by atoms with Gasteiger partial charge in [-0.2, -0.15) is 0 Å². The molecule has 22 heavy (non-hydrogen) atoms. The van der Waals surface area contributed by atoms with Gasteiger partial charge in [0.25, 0.3) is 0 Å². The molecule has 7 heteroatoms. The summed E-state index contributed by atoms with van der Waals surface area (Å²) in [5.74, 6) is 0.988. The van der Waals surface area contributed by atoms with Crippen molar-refractivity contribution in [2.24, 2.45) is 5.73 Å². The normalized spacial score (nSPS) is 12.6. The molecule has 1 amide bonds. The molecule has 3 rings (SSSR count). The molecule has 1 aromatic carbocycles. The van der Waals surface area contributed by atoms with Crippen molar-refractivity contribution in [1.82, 2.24) is 9.55 Å². The molecule has 2 aromatic rings. The van der Waals surface area contributed by atoms with Crippen LogP contribution in [0.2, 0.25) is 0 Å². The van der Waals surface area contributed by atoms with Gasteiger partial charge in [-0.15, -0.1) is 24.8 Å². The number of rotatable bonds is 3. The molecule has 0 spiro atoms. The number of hydrogen-bond acceptors (Lipinski definition) is 3. The number of fused-ring (bicyclic) bond motifs is 1. The number of nitrogens with one attached hydrogen (secondary N) is 1. The Hall–Kier alpha value is -1.56. The van der Waals surface area contributed by atoms with Crippen LogP contribution in [0.1, 0.15) is 18.7 Å². The average molecular weight is 343 g/mol. The summed E-state index contributed by atoms with van der Waals surface area (Å²) in [5, 5.41) is 2.73. The predicted octanol–water partition coefficient (Wildman–Crippen LogP) is 2.63. The zero-order valence-corrected chi connectivity index (χ0v) is 13.8. The molecule has 0 unspecified atom stereocenters. The predicted molar refractivity (Wildman–Crippen MR) is 92.8 cm³/mol. The number of nitrogens with zero attached hydrogens (tertiary/aromatic N) is 2. The van der Waals surface area contributed by atoms with Gasteiger partial charge in [-0.1, -0.05) is 12.1 Å². The SMILES string of the molecule is Cl.Cl.NCC(=O)Nc1ccc(-c2cn3c(n2)CCCC3)cc1.